The van der Waals surface area contributed by atoms with Crippen molar-refractivity contribution in [2.45, 2.75) is 50.9 Å². The van der Waals surface area contributed by atoms with Crippen LogP contribution in [0.15, 0.2) is 47.8 Å². The van der Waals surface area contributed by atoms with Crippen molar-refractivity contribution in [3.05, 3.63) is 80.5 Å². The molecule has 0 bridgehead atoms. The van der Waals surface area contributed by atoms with Gasteiger partial charge in [-0.1, -0.05) is 36.4 Å². The number of halogens is 6. The Balaban J connectivity index is 1.96. The molecular formula is C24H22F6O3S. The molecule has 3 N–H and O–H groups in total. The first-order valence-electron chi connectivity index (χ1n) is 10.2. The number of alkyl halides is 6. The first kappa shape index (κ1) is 26.2. The number of hydrogen-bond donors (Lipinski definition) is 3. The number of aryl methyl sites for hydroxylation is 3. The molecule has 10 heteroatoms. The minimum absolute atomic E-state index is 0.150. The predicted molar refractivity (Wildman–Crippen MR) is 116 cm³/mol. The minimum atomic E-state index is -5.98. The first-order chi connectivity index (χ1) is 15.8. The molecule has 1 heterocycles. The van der Waals surface area contributed by atoms with Crippen molar-refractivity contribution in [1.82, 2.24) is 0 Å². The number of benzene rings is 2. The van der Waals surface area contributed by atoms with E-state index >= 15 is 0 Å². The zero-order valence-corrected chi connectivity index (χ0v) is 18.8. The van der Waals surface area contributed by atoms with Crippen molar-refractivity contribution in [1.29, 1.82) is 0 Å². The molecule has 184 valence electrons. The Morgan fingerprint density at radius 2 is 1.47 bits per heavy atom. The van der Waals surface area contributed by atoms with Gasteiger partial charge in [-0.2, -0.15) is 26.3 Å². The zero-order chi connectivity index (χ0) is 25.3. The molecule has 0 aliphatic heterocycles. The summed E-state index contributed by atoms with van der Waals surface area (Å²) in [6, 6.07) is 10.3. The number of aliphatic hydroxyl groups excluding tert-OH is 2. The quantitative estimate of drug-likeness (QED) is 0.356. The van der Waals surface area contributed by atoms with E-state index < -0.39 is 23.5 Å². The lowest BCUT2D eigenvalue weighted by molar-refractivity contribution is -0.376. The summed E-state index contributed by atoms with van der Waals surface area (Å²) in [7, 11) is 0. The molecule has 0 aliphatic carbocycles. The van der Waals surface area contributed by atoms with Gasteiger partial charge in [-0.15, -0.1) is 11.3 Å². The minimum Gasteiger partial charge on any atom is -0.392 e. The van der Waals surface area contributed by atoms with Crippen LogP contribution in [-0.4, -0.2) is 27.7 Å². The highest BCUT2D eigenvalue weighted by Gasteiger charge is 2.72. The van der Waals surface area contributed by atoms with Crippen molar-refractivity contribution in [3.63, 3.8) is 0 Å². The van der Waals surface area contributed by atoms with E-state index in [4.69, 9.17) is 0 Å². The van der Waals surface area contributed by atoms with E-state index in [1.807, 2.05) is 0 Å². The molecule has 3 nitrogen and oxygen atoms in total. The van der Waals surface area contributed by atoms with Crippen molar-refractivity contribution in [2.24, 2.45) is 0 Å². The van der Waals surface area contributed by atoms with Crippen molar-refractivity contribution >= 4 is 11.3 Å². The Hall–Kier alpha value is -2.40. The van der Waals surface area contributed by atoms with Gasteiger partial charge in [-0.3, -0.25) is 0 Å². The summed E-state index contributed by atoms with van der Waals surface area (Å²) >= 11 is 1.19. The lowest BCUT2D eigenvalue weighted by Gasteiger charge is -2.35. The normalized spacial score (nSPS) is 12.9. The molecule has 3 rings (SSSR count). The summed E-state index contributed by atoms with van der Waals surface area (Å²) in [4.78, 5) is 0.724. The van der Waals surface area contributed by atoms with E-state index in [-0.39, 0.29) is 29.9 Å². The van der Waals surface area contributed by atoms with Gasteiger partial charge in [-0.05, 0) is 64.6 Å². The monoisotopic (exact) mass is 504 g/mol. The molecule has 0 amide bonds. The van der Waals surface area contributed by atoms with E-state index in [0.29, 0.717) is 24.0 Å². The fourth-order valence-corrected chi connectivity index (χ4v) is 4.78. The fourth-order valence-electron chi connectivity index (χ4n) is 3.89. The Bertz CT molecular complexity index is 1140. The second kappa shape index (κ2) is 9.69. The Morgan fingerprint density at radius 1 is 0.824 bits per heavy atom. The van der Waals surface area contributed by atoms with Gasteiger partial charge in [0.2, 0.25) is 0 Å². The van der Waals surface area contributed by atoms with E-state index in [0.717, 1.165) is 29.5 Å². The van der Waals surface area contributed by atoms with Crippen LogP contribution >= 0.6 is 11.3 Å². The maximum Gasteiger partial charge on any atom is 0.430 e. The third kappa shape index (κ3) is 4.86. The molecule has 34 heavy (non-hydrogen) atoms. The van der Waals surface area contributed by atoms with Crippen molar-refractivity contribution < 1.29 is 41.7 Å². The van der Waals surface area contributed by atoms with Crippen LogP contribution in [0.5, 0.6) is 0 Å². The van der Waals surface area contributed by atoms with Gasteiger partial charge in [0.25, 0.3) is 5.60 Å². The van der Waals surface area contributed by atoms with E-state index in [1.165, 1.54) is 28.8 Å². The molecule has 0 unspecified atom stereocenters. The van der Waals surface area contributed by atoms with E-state index in [9.17, 15) is 41.7 Å². The largest absolute Gasteiger partial charge is 0.430 e. The van der Waals surface area contributed by atoms with Gasteiger partial charge in [0, 0.05) is 10.4 Å². The Labute approximate surface area is 195 Å². The third-order valence-electron chi connectivity index (χ3n) is 5.69. The molecule has 0 fully saturated rings. The van der Waals surface area contributed by atoms with E-state index in [1.54, 1.807) is 18.2 Å². The van der Waals surface area contributed by atoms with Crippen LogP contribution in [0.2, 0.25) is 0 Å². The van der Waals surface area contributed by atoms with Crippen molar-refractivity contribution in [2.75, 3.05) is 0 Å². The topological polar surface area (TPSA) is 60.7 Å². The van der Waals surface area contributed by atoms with Gasteiger partial charge in [0.05, 0.1) is 13.2 Å². The molecule has 0 aliphatic rings. The van der Waals surface area contributed by atoms with Crippen LogP contribution in [0.4, 0.5) is 26.3 Å². The van der Waals surface area contributed by atoms with Crippen LogP contribution in [0.3, 0.4) is 0 Å². The van der Waals surface area contributed by atoms with Gasteiger partial charge in [0.1, 0.15) is 0 Å². The molecule has 3 aromatic rings. The van der Waals surface area contributed by atoms with E-state index in [2.05, 4.69) is 0 Å². The standard InChI is InChI=1S/C24H22F6O3S/c1-14-3-2-4-20(21(14)22(33,23(25,26)27)24(28,29)30)18-10-19(34-13-18)8-6-15-5-7-16(11-31)17(9-15)12-32/h2-5,7,9-10,13,31-33H,6,8,11-12H2,1H3. The number of rotatable bonds is 7. The highest BCUT2D eigenvalue weighted by atomic mass is 32.1. The number of aliphatic hydroxyl groups is 3. The summed E-state index contributed by atoms with van der Waals surface area (Å²) in [5.41, 5.74) is -4.73. The molecular weight excluding hydrogens is 482 g/mol. The smallest absolute Gasteiger partial charge is 0.392 e. The molecule has 0 spiro atoms. The lowest BCUT2D eigenvalue weighted by Crippen LogP contribution is -2.54. The van der Waals surface area contributed by atoms with Crippen LogP contribution in [0.25, 0.3) is 11.1 Å². The summed E-state index contributed by atoms with van der Waals surface area (Å²) in [5, 5.41) is 30.2. The summed E-state index contributed by atoms with van der Waals surface area (Å²) < 4.78 is 81.5. The highest BCUT2D eigenvalue weighted by Crippen LogP contribution is 2.53. The van der Waals surface area contributed by atoms with Crippen LogP contribution in [-0.2, 0) is 31.7 Å². The zero-order valence-electron chi connectivity index (χ0n) is 18.0. The average molecular weight is 504 g/mol. The summed E-state index contributed by atoms with van der Waals surface area (Å²) in [5.74, 6) is 0. The van der Waals surface area contributed by atoms with Gasteiger partial charge < -0.3 is 15.3 Å². The predicted octanol–water partition coefficient (Wildman–Crippen LogP) is 5.81. The summed E-state index contributed by atoms with van der Waals surface area (Å²) in [6.45, 7) is 0.638. The third-order valence-corrected chi connectivity index (χ3v) is 6.69. The van der Waals surface area contributed by atoms with Gasteiger partial charge in [0.15, 0.2) is 0 Å². The number of thiophene rings is 1. The molecule has 1 aromatic heterocycles. The first-order valence-corrected chi connectivity index (χ1v) is 11.1. The lowest BCUT2D eigenvalue weighted by atomic mass is 9.83. The van der Waals surface area contributed by atoms with Gasteiger partial charge >= 0.3 is 12.4 Å². The molecule has 0 saturated carbocycles. The van der Waals surface area contributed by atoms with Crippen molar-refractivity contribution in [3.8, 4) is 11.1 Å². The second-order valence-electron chi connectivity index (χ2n) is 7.92. The highest BCUT2D eigenvalue weighted by molar-refractivity contribution is 7.10. The Kier molecular flexibility index (Phi) is 7.47. The molecule has 2 aromatic carbocycles. The van der Waals surface area contributed by atoms with Crippen LogP contribution in [0.1, 0.15) is 32.7 Å². The molecule has 0 atom stereocenters. The second-order valence-corrected chi connectivity index (χ2v) is 8.92. The molecule has 0 saturated heterocycles. The van der Waals surface area contributed by atoms with Gasteiger partial charge in [-0.25, -0.2) is 0 Å². The number of hydrogen-bond acceptors (Lipinski definition) is 4. The SMILES string of the molecule is Cc1cccc(-c2csc(CCc3ccc(CO)c(CO)c3)c2)c1C(O)(C(F)(F)F)C(F)(F)F. The van der Waals surface area contributed by atoms with Crippen LogP contribution < -0.4 is 0 Å². The molecule has 0 radical (unpaired) electrons. The maximum atomic E-state index is 13.6. The maximum absolute atomic E-state index is 13.6. The summed E-state index contributed by atoms with van der Waals surface area (Å²) in [6.07, 6.45) is -11.0. The Morgan fingerprint density at radius 3 is 2.06 bits per heavy atom. The van der Waals surface area contributed by atoms with Crippen LogP contribution in [0, 0.1) is 6.92 Å². The average Bonchev–Trinajstić information content (AvgIpc) is 3.24. The fraction of sp³-hybridized carbons (Fsp3) is 0.333.